The number of urea groups is 1. The van der Waals surface area contributed by atoms with Crippen molar-refractivity contribution >= 4 is 17.7 Å². The summed E-state index contributed by atoms with van der Waals surface area (Å²) in [6, 6.07) is 5.06. The molecule has 1 unspecified atom stereocenters. The molecule has 0 aliphatic rings. The summed E-state index contributed by atoms with van der Waals surface area (Å²) in [6.45, 7) is 5.87. The van der Waals surface area contributed by atoms with Gasteiger partial charge in [-0.05, 0) is 43.5 Å². The highest BCUT2D eigenvalue weighted by molar-refractivity contribution is 5.89. The van der Waals surface area contributed by atoms with Gasteiger partial charge in [0.15, 0.2) is 0 Å². The van der Waals surface area contributed by atoms with Crippen LogP contribution in [-0.4, -0.2) is 23.1 Å². The van der Waals surface area contributed by atoms with Crippen molar-refractivity contribution in [3.63, 3.8) is 0 Å². The van der Waals surface area contributed by atoms with E-state index in [-0.39, 0.29) is 18.5 Å². The standard InChI is InChI=1S/C15H22N2O3/c1-4-5-12(9-14(18)19)16-15(20)17-13-7-10(2)6-11(3)8-13/h6-8,12H,4-5,9H2,1-3H3,(H,18,19)(H2,16,17,20). The van der Waals surface area contributed by atoms with E-state index < -0.39 is 5.97 Å². The Morgan fingerprint density at radius 2 is 1.80 bits per heavy atom. The number of anilines is 1. The van der Waals surface area contributed by atoms with Gasteiger partial charge in [0, 0.05) is 11.7 Å². The average molecular weight is 278 g/mol. The predicted molar refractivity (Wildman–Crippen MR) is 79.0 cm³/mol. The molecule has 1 rings (SSSR count). The number of carbonyl (C=O) groups is 2. The summed E-state index contributed by atoms with van der Waals surface area (Å²) in [5, 5.41) is 14.3. The topological polar surface area (TPSA) is 78.4 Å². The van der Waals surface area contributed by atoms with E-state index >= 15 is 0 Å². The van der Waals surface area contributed by atoms with Crippen LogP contribution in [0.15, 0.2) is 18.2 Å². The summed E-state index contributed by atoms with van der Waals surface area (Å²) in [5.41, 5.74) is 2.84. The highest BCUT2D eigenvalue weighted by atomic mass is 16.4. The van der Waals surface area contributed by atoms with E-state index in [0.29, 0.717) is 12.1 Å². The third-order valence-corrected chi connectivity index (χ3v) is 2.87. The van der Waals surface area contributed by atoms with Crippen molar-refractivity contribution < 1.29 is 14.7 Å². The number of aryl methyl sites for hydroxylation is 2. The Balaban J connectivity index is 2.62. The number of hydrogen-bond acceptors (Lipinski definition) is 2. The molecule has 0 aliphatic carbocycles. The summed E-state index contributed by atoms with van der Waals surface area (Å²) in [7, 11) is 0. The molecule has 1 aromatic rings. The largest absolute Gasteiger partial charge is 0.481 e. The van der Waals surface area contributed by atoms with Crippen molar-refractivity contribution in [2.45, 2.75) is 46.1 Å². The quantitative estimate of drug-likeness (QED) is 0.748. The van der Waals surface area contributed by atoms with Crippen LogP contribution in [0.4, 0.5) is 10.5 Å². The summed E-state index contributed by atoms with van der Waals surface area (Å²) < 4.78 is 0. The van der Waals surface area contributed by atoms with E-state index in [1.54, 1.807) is 0 Å². The van der Waals surface area contributed by atoms with Crippen LogP contribution in [0.5, 0.6) is 0 Å². The zero-order valence-corrected chi connectivity index (χ0v) is 12.2. The van der Waals surface area contributed by atoms with Crippen LogP contribution >= 0.6 is 0 Å². The van der Waals surface area contributed by atoms with Crippen molar-refractivity contribution in [2.75, 3.05) is 5.32 Å². The first kappa shape index (κ1) is 16.0. The fourth-order valence-corrected chi connectivity index (χ4v) is 2.18. The lowest BCUT2D eigenvalue weighted by Gasteiger charge is -2.17. The second-order valence-corrected chi connectivity index (χ2v) is 5.06. The van der Waals surface area contributed by atoms with Gasteiger partial charge in [-0.3, -0.25) is 4.79 Å². The number of hydrogen-bond donors (Lipinski definition) is 3. The van der Waals surface area contributed by atoms with Gasteiger partial charge in [0.25, 0.3) is 0 Å². The molecule has 0 spiro atoms. The van der Waals surface area contributed by atoms with Crippen LogP contribution in [0, 0.1) is 13.8 Å². The second-order valence-electron chi connectivity index (χ2n) is 5.06. The zero-order chi connectivity index (χ0) is 15.1. The number of benzene rings is 1. The molecular weight excluding hydrogens is 256 g/mol. The van der Waals surface area contributed by atoms with Gasteiger partial charge in [0.2, 0.25) is 0 Å². The lowest BCUT2D eigenvalue weighted by molar-refractivity contribution is -0.137. The van der Waals surface area contributed by atoms with Crippen LogP contribution in [0.2, 0.25) is 0 Å². The molecule has 1 atom stereocenters. The van der Waals surface area contributed by atoms with E-state index in [1.807, 2.05) is 39.0 Å². The Kier molecular flexibility index (Phi) is 6.03. The molecule has 0 heterocycles. The van der Waals surface area contributed by atoms with Crippen molar-refractivity contribution in [1.29, 1.82) is 0 Å². The highest BCUT2D eigenvalue weighted by Crippen LogP contribution is 2.13. The SMILES string of the molecule is CCCC(CC(=O)O)NC(=O)Nc1cc(C)cc(C)c1. The lowest BCUT2D eigenvalue weighted by atomic mass is 10.1. The number of aliphatic carboxylic acids is 1. The Morgan fingerprint density at radius 3 is 2.30 bits per heavy atom. The van der Waals surface area contributed by atoms with Gasteiger partial charge in [0.05, 0.1) is 6.42 Å². The predicted octanol–water partition coefficient (Wildman–Crippen LogP) is 3.07. The maximum absolute atomic E-state index is 11.9. The number of carboxylic acids is 1. The van der Waals surface area contributed by atoms with Gasteiger partial charge >= 0.3 is 12.0 Å². The normalized spacial score (nSPS) is 11.8. The van der Waals surface area contributed by atoms with Gasteiger partial charge in [0.1, 0.15) is 0 Å². The molecule has 110 valence electrons. The first-order valence-electron chi connectivity index (χ1n) is 6.78. The third-order valence-electron chi connectivity index (χ3n) is 2.87. The number of nitrogens with one attached hydrogen (secondary N) is 2. The molecule has 0 aromatic heterocycles. The molecule has 1 aromatic carbocycles. The first-order chi connectivity index (χ1) is 9.40. The van der Waals surface area contributed by atoms with Crippen LogP contribution < -0.4 is 10.6 Å². The third kappa shape index (κ3) is 5.73. The van der Waals surface area contributed by atoms with Gasteiger partial charge in [-0.15, -0.1) is 0 Å². The Hall–Kier alpha value is -2.04. The molecule has 0 aliphatic heterocycles. The molecule has 0 bridgehead atoms. The van der Waals surface area contributed by atoms with Gasteiger partial charge in [-0.2, -0.15) is 0 Å². The first-order valence-corrected chi connectivity index (χ1v) is 6.78. The van der Waals surface area contributed by atoms with Crippen molar-refractivity contribution in [3.8, 4) is 0 Å². The van der Waals surface area contributed by atoms with Gasteiger partial charge in [-0.25, -0.2) is 4.79 Å². The van der Waals surface area contributed by atoms with E-state index in [9.17, 15) is 9.59 Å². The van der Waals surface area contributed by atoms with E-state index in [0.717, 1.165) is 17.5 Å². The Bertz CT molecular complexity index is 466. The fourth-order valence-electron chi connectivity index (χ4n) is 2.18. The molecule has 0 saturated heterocycles. The lowest BCUT2D eigenvalue weighted by Crippen LogP contribution is -2.39. The van der Waals surface area contributed by atoms with Gasteiger partial charge in [-0.1, -0.05) is 19.4 Å². The Morgan fingerprint density at radius 1 is 1.20 bits per heavy atom. The highest BCUT2D eigenvalue weighted by Gasteiger charge is 2.15. The summed E-state index contributed by atoms with van der Waals surface area (Å²) in [6.07, 6.45) is 1.41. The van der Waals surface area contributed by atoms with E-state index in [1.165, 1.54) is 0 Å². The zero-order valence-electron chi connectivity index (χ0n) is 12.2. The molecule has 5 heteroatoms. The smallest absolute Gasteiger partial charge is 0.319 e. The molecule has 2 amide bonds. The van der Waals surface area contributed by atoms with Crippen LogP contribution in [0.1, 0.15) is 37.3 Å². The summed E-state index contributed by atoms with van der Waals surface area (Å²) in [5.74, 6) is -0.907. The maximum atomic E-state index is 11.9. The summed E-state index contributed by atoms with van der Waals surface area (Å²) >= 11 is 0. The number of amides is 2. The number of carboxylic acid groups (broad SMARTS) is 1. The van der Waals surface area contributed by atoms with Gasteiger partial charge < -0.3 is 15.7 Å². The maximum Gasteiger partial charge on any atom is 0.319 e. The van der Waals surface area contributed by atoms with Crippen LogP contribution in [0.3, 0.4) is 0 Å². The monoisotopic (exact) mass is 278 g/mol. The molecule has 0 radical (unpaired) electrons. The number of carbonyl (C=O) groups excluding carboxylic acids is 1. The number of rotatable bonds is 6. The fraction of sp³-hybridized carbons (Fsp3) is 0.467. The Labute approximate surface area is 119 Å². The van der Waals surface area contributed by atoms with Crippen LogP contribution in [0.25, 0.3) is 0 Å². The minimum atomic E-state index is -0.907. The molecule has 5 nitrogen and oxygen atoms in total. The molecule has 0 fully saturated rings. The summed E-state index contributed by atoms with van der Waals surface area (Å²) in [4.78, 5) is 22.6. The van der Waals surface area contributed by atoms with Crippen molar-refractivity contribution in [1.82, 2.24) is 5.32 Å². The van der Waals surface area contributed by atoms with Crippen molar-refractivity contribution in [3.05, 3.63) is 29.3 Å². The van der Waals surface area contributed by atoms with Crippen molar-refractivity contribution in [2.24, 2.45) is 0 Å². The molecule has 3 N–H and O–H groups in total. The minimum absolute atomic E-state index is 0.0614. The molecular formula is C15H22N2O3. The van der Waals surface area contributed by atoms with Crippen LogP contribution in [-0.2, 0) is 4.79 Å². The second kappa shape index (κ2) is 7.53. The van der Waals surface area contributed by atoms with E-state index in [4.69, 9.17) is 5.11 Å². The van der Waals surface area contributed by atoms with E-state index in [2.05, 4.69) is 10.6 Å². The molecule has 20 heavy (non-hydrogen) atoms. The molecule has 0 saturated carbocycles. The minimum Gasteiger partial charge on any atom is -0.481 e. The average Bonchev–Trinajstić information content (AvgIpc) is 2.26.